The molecule has 0 aliphatic rings. The van der Waals surface area contributed by atoms with E-state index in [-0.39, 0.29) is 5.41 Å². The lowest BCUT2D eigenvalue weighted by Crippen LogP contribution is -2.10. The fraction of sp³-hybridized carbons (Fsp3) is 0.267. The highest BCUT2D eigenvalue weighted by atomic mass is 32.1. The van der Waals surface area contributed by atoms with Crippen molar-refractivity contribution in [2.45, 2.75) is 26.2 Å². The Morgan fingerprint density at radius 1 is 1.21 bits per heavy atom. The number of hydrogen-bond donors (Lipinski definition) is 1. The number of fused-ring (bicyclic) bond motifs is 1. The molecule has 2 aromatic heterocycles. The summed E-state index contributed by atoms with van der Waals surface area (Å²) in [5.74, 6) is 0.605. The number of aromatic nitrogens is 1. The summed E-state index contributed by atoms with van der Waals surface area (Å²) < 4.78 is 5.78. The molecule has 0 atom stereocenters. The molecule has 0 amide bonds. The third-order valence-corrected chi connectivity index (χ3v) is 4.06. The molecular formula is C15H16N2OS. The van der Waals surface area contributed by atoms with Gasteiger partial charge in [0.1, 0.15) is 10.4 Å². The van der Waals surface area contributed by atoms with Crippen LogP contribution in [0.2, 0.25) is 0 Å². The maximum Gasteiger partial charge on any atom is 0.239 e. The van der Waals surface area contributed by atoms with Crippen LogP contribution < -0.4 is 5.73 Å². The third-order valence-electron chi connectivity index (χ3n) is 3.14. The van der Waals surface area contributed by atoms with Crippen LogP contribution in [0.15, 0.2) is 34.1 Å². The van der Waals surface area contributed by atoms with E-state index in [2.05, 4.69) is 37.9 Å². The van der Waals surface area contributed by atoms with Crippen molar-refractivity contribution < 1.29 is 4.42 Å². The average Bonchev–Trinajstić information content (AvgIpc) is 2.91. The van der Waals surface area contributed by atoms with Crippen LogP contribution in [0.3, 0.4) is 0 Å². The van der Waals surface area contributed by atoms with Gasteiger partial charge in [0.15, 0.2) is 5.58 Å². The van der Waals surface area contributed by atoms with Crippen LogP contribution in [-0.4, -0.2) is 4.98 Å². The van der Waals surface area contributed by atoms with E-state index in [9.17, 15) is 0 Å². The van der Waals surface area contributed by atoms with Gasteiger partial charge in [0.2, 0.25) is 5.89 Å². The second-order valence-corrected chi connectivity index (χ2v) is 6.57. The predicted octanol–water partition coefficient (Wildman–Crippen LogP) is 4.44. The maximum atomic E-state index is 5.90. The van der Waals surface area contributed by atoms with E-state index >= 15 is 0 Å². The molecule has 0 unspecified atom stereocenters. The van der Waals surface area contributed by atoms with Crippen LogP contribution in [0.1, 0.15) is 26.3 Å². The first-order valence-electron chi connectivity index (χ1n) is 6.19. The summed E-state index contributed by atoms with van der Waals surface area (Å²) in [6.45, 7) is 6.56. The Hall–Kier alpha value is -1.81. The van der Waals surface area contributed by atoms with Gasteiger partial charge in [-0.2, -0.15) is 0 Å². The first-order valence-corrected chi connectivity index (χ1v) is 7.07. The van der Waals surface area contributed by atoms with Gasteiger partial charge in [-0.15, -0.1) is 11.3 Å². The van der Waals surface area contributed by atoms with Crippen LogP contribution in [0.25, 0.3) is 21.9 Å². The Bertz CT molecular complexity index is 734. The zero-order valence-electron chi connectivity index (χ0n) is 11.2. The molecule has 0 saturated carbocycles. The van der Waals surface area contributed by atoms with Gasteiger partial charge in [-0.05, 0) is 34.6 Å². The van der Waals surface area contributed by atoms with Crippen molar-refractivity contribution in [2.75, 3.05) is 5.73 Å². The number of anilines is 1. The fourth-order valence-electron chi connectivity index (χ4n) is 1.98. The van der Waals surface area contributed by atoms with E-state index < -0.39 is 0 Å². The second kappa shape index (κ2) is 4.10. The standard InChI is InChI=1S/C15H16N2OS/c1-15(2,3)9-4-5-12-11(8-9)17-14(18-12)13-10(16)6-7-19-13/h4-8H,16H2,1-3H3. The van der Waals surface area contributed by atoms with Gasteiger partial charge in [-0.25, -0.2) is 4.98 Å². The van der Waals surface area contributed by atoms with Gasteiger partial charge in [0, 0.05) is 0 Å². The summed E-state index contributed by atoms with van der Waals surface area (Å²) in [5.41, 5.74) is 9.66. The number of thiophene rings is 1. The Morgan fingerprint density at radius 2 is 2.00 bits per heavy atom. The van der Waals surface area contributed by atoms with E-state index in [4.69, 9.17) is 10.2 Å². The van der Waals surface area contributed by atoms with Crippen molar-refractivity contribution in [3.63, 3.8) is 0 Å². The Morgan fingerprint density at radius 3 is 2.63 bits per heavy atom. The molecule has 19 heavy (non-hydrogen) atoms. The lowest BCUT2D eigenvalue weighted by molar-refractivity contribution is 0.590. The highest BCUT2D eigenvalue weighted by Gasteiger charge is 2.17. The van der Waals surface area contributed by atoms with Crippen molar-refractivity contribution in [1.82, 2.24) is 4.98 Å². The lowest BCUT2D eigenvalue weighted by Gasteiger charge is -2.18. The van der Waals surface area contributed by atoms with E-state index in [1.54, 1.807) is 11.3 Å². The van der Waals surface area contributed by atoms with Gasteiger partial charge >= 0.3 is 0 Å². The van der Waals surface area contributed by atoms with Crippen molar-refractivity contribution in [3.05, 3.63) is 35.2 Å². The summed E-state index contributed by atoms with van der Waals surface area (Å²) in [7, 11) is 0. The predicted molar refractivity (Wildman–Crippen MR) is 80.4 cm³/mol. The number of rotatable bonds is 1. The molecule has 4 heteroatoms. The number of hydrogen-bond acceptors (Lipinski definition) is 4. The van der Waals surface area contributed by atoms with Crippen molar-refractivity contribution in [1.29, 1.82) is 0 Å². The van der Waals surface area contributed by atoms with E-state index in [1.807, 2.05) is 17.5 Å². The van der Waals surface area contributed by atoms with Gasteiger partial charge in [0.05, 0.1) is 5.69 Å². The number of nitrogen functional groups attached to an aromatic ring is 1. The average molecular weight is 272 g/mol. The van der Waals surface area contributed by atoms with Crippen molar-refractivity contribution >= 4 is 28.1 Å². The lowest BCUT2D eigenvalue weighted by atomic mass is 9.87. The summed E-state index contributed by atoms with van der Waals surface area (Å²) in [4.78, 5) is 5.45. The normalized spacial score (nSPS) is 12.2. The van der Waals surface area contributed by atoms with Crippen LogP contribution in [0.4, 0.5) is 5.69 Å². The van der Waals surface area contributed by atoms with Gasteiger partial charge < -0.3 is 10.2 Å². The third kappa shape index (κ3) is 2.12. The number of oxazole rings is 1. The first kappa shape index (κ1) is 12.2. The molecule has 0 bridgehead atoms. The van der Waals surface area contributed by atoms with E-state index in [0.29, 0.717) is 11.6 Å². The minimum atomic E-state index is 0.106. The molecule has 0 spiro atoms. The molecule has 0 radical (unpaired) electrons. The SMILES string of the molecule is CC(C)(C)c1ccc2oc(-c3sccc3N)nc2c1. The Balaban J connectivity index is 2.14. The molecule has 98 valence electrons. The van der Waals surface area contributed by atoms with Gasteiger partial charge in [-0.1, -0.05) is 26.8 Å². The Labute approximate surface area is 116 Å². The zero-order chi connectivity index (χ0) is 13.6. The second-order valence-electron chi connectivity index (χ2n) is 5.66. The molecular weight excluding hydrogens is 256 g/mol. The van der Waals surface area contributed by atoms with Gasteiger partial charge in [0.25, 0.3) is 0 Å². The fourth-order valence-corrected chi connectivity index (χ4v) is 2.73. The van der Waals surface area contributed by atoms with Crippen molar-refractivity contribution in [3.8, 4) is 10.8 Å². The minimum absolute atomic E-state index is 0.106. The molecule has 3 aromatic rings. The molecule has 0 aliphatic carbocycles. The Kier molecular flexibility index (Phi) is 2.64. The van der Waals surface area contributed by atoms with E-state index in [1.165, 1.54) is 5.56 Å². The monoisotopic (exact) mass is 272 g/mol. The topological polar surface area (TPSA) is 52.0 Å². The number of nitrogens with zero attached hydrogens (tertiary/aromatic N) is 1. The maximum absolute atomic E-state index is 5.90. The number of benzene rings is 1. The highest BCUT2D eigenvalue weighted by molar-refractivity contribution is 7.14. The smallest absolute Gasteiger partial charge is 0.239 e. The molecule has 0 aliphatic heterocycles. The molecule has 2 N–H and O–H groups in total. The van der Waals surface area contributed by atoms with Crippen LogP contribution in [-0.2, 0) is 5.41 Å². The molecule has 1 aromatic carbocycles. The summed E-state index contributed by atoms with van der Waals surface area (Å²) in [6, 6.07) is 8.03. The quantitative estimate of drug-likeness (QED) is 0.712. The molecule has 2 heterocycles. The van der Waals surface area contributed by atoms with Crippen molar-refractivity contribution in [2.24, 2.45) is 0 Å². The summed E-state index contributed by atoms with van der Waals surface area (Å²) in [5, 5.41) is 1.94. The summed E-state index contributed by atoms with van der Waals surface area (Å²) >= 11 is 1.55. The highest BCUT2D eigenvalue weighted by Crippen LogP contribution is 2.34. The number of nitrogens with two attached hydrogens (primary N) is 1. The molecule has 0 fully saturated rings. The van der Waals surface area contributed by atoms with Crippen LogP contribution in [0, 0.1) is 0 Å². The first-order chi connectivity index (χ1) is 8.95. The minimum Gasteiger partial charge on any atom is -0.435 e. The van der Waals surface area contributed by atoms with Crippen LogP contribution >= 0.6 is 11.3 Å². The molecule has 3 rings (SSSR count). The van der Waals surface area contributed by atoms with E-state index in [0.717, 1.165) is 16.0 Å². The molecule has 3 nitrogen and oxygen atoms in total. The van der Waals surface area contributed by atoms with Crippen LogP contribution in [0.5, 0.6) is 0 Å². The molecule has 0 saturated heterocycles. The summed E-state index contributed by atoms with van der Waals surface area (Å²) in [6.07, 6.45) is 0. The van der Waals surface area contributed by atoms with Gasteiger partial charge in [-0.3, -0.25) is 0 Å². The zero-order valence-corrected chi connectivity index (χ0v) is 12.0. The largest absolute Gasteiger partial charge is 0.435 e.